The minimum Gasteiger partial charge on any atom is -0.508 e. The first-order valence-corrected chi connectivity index (χ1v) is 11.4. The number of para-hydroxylation sites is 3. The number of aromatic nitrogens is 3. The summed E-state index contributed by atoms with van der Waals surface area (Å²) in [6, 6.07) is 22.5. The molecule has 0 saturated carbocycles. The summed E-state index contributed by atoms with van der Waals surface area (Å²) in [5, 5.41) is 14.8. The van der Waals surface area contributed by atoms with Crippen molar-refractivity contribution in [2.24, 2.45) is 14.1 Å². The number of hydrogen-bond acceptors (Lipinski definition) is 4. The molecule has 2 aromatic heterocycles. The molecule has 0 bridgehead atoms. The van der Waals surface area contributed by atoms with Crippen molar-refractivity contribution in [2.45, 2.75) is 13.0 Å². The van der Waals surface area contributed by atoms with Crippen LogP contribution in [0, 0.1) is 6.92 Å². The molecule has 0 fully saturated rings. The summed E-state index contributed by atoms with van der Waals surface area (Å²) >= 11 is 0. The van der Waals surface area contributed by atoms with Crippen molar-refractivity contribution in [3.8, 4) is 22.7 Å². The van der Waals surface area contributed by atoms with E-state index in [1.165, 1.54) is 11.6 Å². The Morgan fingerprint density at radius 3 is 2.40 bits per heavy atom. The second-order valence-corrected chi connectivity index (χ2v) is 9.02. The Morgan fingerprint density at radius 2 is 1.63 bits per heavy atom. The fourth-order valence-electron chi connectivity index (χ4n) is 5.25. The fourth-order valence-corrected chi connectivity index (χ4v) is 5.25. The number of phenolic OH excluding ortho intramolecular Hbond substituents is 1. The molecule has 35 heavy (non-hydrogen) atoms. The van der Waals surface area contributed by atoms with Crippen molar-refractivity contribution in [1.82, 2.24) is 13.7 Å². The van der Waals surface area contributed by atoms with E-state index in [1.54, 1.807) is 19.2 Å². The van der Waals surface area contributed by atoms with Gasteiger partial charge in [-0.15, -0.1) is 0 Å². The molecule has 2 N–H and O–H groups in total. The molecule has 3 aromatic carbocycles. The van der Waals surface area contributed by atoms with E-state index in [2.05, 4.69) is 9.88 Å². The van der Waals surface area contributed by atoms with Crippen molar-refractivity contribution in [3.05, 3.63) is 110 Å². The Labute approximate surface area is 201 Å². The molecule has 1 aliphatic heterocycles. The minimum absolute atomic E-state index is 0.135. The number of aryl methyl sites for hydroxylation is 2. The Hall–Kier alpha value is -4.52. The molecule has 0 amide bonds. The van der Waals surface area contributed by atoms with Crippen LogP contribution >= 0.6 is 0 Å². The zero-order valence-electron chi connectivity index (χ0n) is 19.6. The quantitative estimate of drug-likeness (QED) is 0.410. The van der Waals surface area contributed by atoms with Crippen molar-refractivity contribution >= 4 is 16.6 Å². The minimum atomic E-state index is -0.495. The monoisotopic (exact) mass is 464 g/mol. The van der Waals surface area contributed by atoms with E-state index in [9.17, 15) is 14.7 Å². The van der Waals surface area contributed by atoms with Crippen LogP contribution in [0.2, 0.25) is 0 Å². The molecule has 1 atom stereocenters. The largest absolute Gasteiger partial charge is 0.508 e. The molecule has 0 aliphatic carbocycles. The summed E-state index contributed by atoms with van der Waals surface area (Å²) in [5.41, 5.74) is 5.59. The third kappa shape index (κ3) is 2.91. The number of anilines is 1. The van der Waals surface area contributed by atoms with Crippen molar-refractivity contribution in [2.75, 3.05) is 5.32 Å². The number of nitrogens with one attached hydrogen (secondary N) is 1. The van der Waals surface area contributed by atoms with Crippen LogP contribution in [0.3, 0.4) is 0 Å². The lowest BCUT2D eigenvalue weighted by molar-refractivity contribution is 0.465. The van der Waals surface area contributed by atoms with Gasteiger partial charge in [-0.3, -0.25) is 13.9 Å². The highest BCUT2D eigenvalue weighted by Gasteiger charge is 2.35. The van der Waals surface area contributed by atoms with Gasteiger partial charge in [-0.25, -0.2) is 4.79 Å². The molecule has 0 unspecified atom stereocenters. The van der Waals surface area contributed by atoms with E-state index in [0.717, 1.165) is 38.5 Å². The molecule has 7 heteroatoms. The predicted molar refractivity (Wildman–Crippen MR) is 138 cm³/mol. The van der Waals surface area contributed by atoms with Crippen LogP contribution in [0.1, 0.15) is 22.9 Å². The van der Waals surface area contributed by atoms with Crippen LogP contribution in [0.25, 0.3) is 27.8 Å². The third-order valence-electron chi connectivity index (χ3n) is 6.87. The highest BCUT2D eigenvalue weighted by molar-refractivity contribution is 5.99. The molecule has 3 heterocycles. The second kappa shape index (κ2) is 7.50. The van der Waals surface area contributed by atoms with E-state index in [0.29, 0.717) is 16.5 Å². The summed E-state index contributed by atoms with van der Waals surface area (Å²) in [7, 11) is 3.20. The second-order valence-electron chi connectivity index (χ2n) is 9.02. The number of hydrogen-bond donors (Lipinski definition) is 2. The smallest absolute Gasteiger partial charge is 0.331 e. The van der Waals surface area contributed by atoms with Gasteiger partial charge in [0.1, 0.15) is 5.75 Å². The van der Waals surface area contributed by atoms with E-state index >= 15 is 0 Å². The van der Waals surface area contributed by atoms with Crippen LogP contribution in [-0.2, 0) is 14.1 Å². The fraction of sp³-hybridized carbons (Fsp3) is 0.143. The molecule has 5 aromatic rings. The van der Waals surface area contributed by atoms with Gasteiger partial charge in [0.25, 0.3) is 5.56 Å². The number of aromatic hydroxyl groups is 1. The molecule has 1 aliphatic rings. The van der Waals surface area contributed by atoms with Gasteiger partial charge in [-0.2, -0.15) is 0 Å². The van der Waals surface area contributed by atoms with Gasteiger partial charge in [0, 0.05) is 19.7 Å². The Bertz CT molecular complexity index is 1770. The zero-order chi connectivity index (χ0) is 24.4. The Morgan fingerprint density at radius 1 is 0.886 bits per heavy atom. The van der Waals surface area contributed by atoms with Crippen molar-refractivity contribution in [3.63, 3.8) is 0 Å². The van der Waals surface area contributed by atoms with Gasteiger partial charge in [-0.1, -0.05) is 54.1 Å². The molecule has 7 nitrogen and oxygen atoms in total. The van der Waals surface area contributed by atoms with E-state index < -0.39 is 11.7 Å². The van der Waals surface area contributed by atoms with Crippen molar-refractivity contribution in [1.29, 1.82) is 0 Å². The van der Waals surface area contributed by atoms with Gasteiger partial charge >= 0.3 is 5.69 Å². The molecule has 0 saturated heterocycles. The third-order valence-corrected chi connectivity index (χ3v) is 6.87. The Balaban J connectivity index is 1.89. The molecule has 0 spiro atoms. The standard InChI is InChI=1S/C28H24N4O3/c1-16-9-8-10-17(15-16)24-22-25(30(2)28(35)31(3)27(22)34)26-23(18-11-4-7-14-21(18)33)29-19-12-5-6-13-20(19)32(24)26/h4-15,23,29,33H,1-3H3/t23-/m1/s1. The lowest BCUT2D eigenvalue weighted by Gasteiger charge is -2.31. The zero-order valence-corrected chi connectivity index (χ0v) is 19.6. The first kappa shape index (κ1) is 21.0. The molecule has 6 rings (SSSR count). The summed E-state index contributed by atoms with van der Waals surface area (Å²) in [4.78, 5) is 26.8. The summed E-state index contributed by atoms with van der Waals surface area (Å²) in [6.07, 6.45) is 0. The van der Waals surface area contributed by atoms with Gasteiger partial charge in [0.2, 0.25) is 0 Å². The van der Waals surface area contributed by atoms with Gasteiger partial charge in [0.05, 0.1) is 39.7 Å². The first-order valence-electron chi connectivity index (χ1n) is 11.4. The maximum Gasteiger partial charge on any atom is 0.331 e. The van der Waals surface area contributed by atoms with Crippen LogP contribution in [0.4, 0.5) is 5.69 Å². The summed E-state index contributed by atoms with van der Waals surface area (Å²) in [6.45, 7) is 2.01. The predicted octanol–water partition coefficient (Wildman–Crippen LogP) is 4.22. The average molecular weight is 465 g/mol. The van der Waals surface area contributed by atoms with Crippen LogP contribution < -0.4 is 16.6 Å². The Kier molecular flexibility index (Phi) is 4.51. The highest BCUT2D eigenvalue weighted by atomic mass is 16.3. The number of nitrogens with zero attached hydrogens (tertiary/aromatic N) is 3. The van der Waals surface area contributed by atoms with Crippen molar-refractivity contribution < 1.29 is 5.11 Å². The van der Waals surface area contributed by atoms with Gasteiger partial charge in [-0.05, 0) is 36.8 Å². The van der Waals surface area contributed by atoms with Crippen LogP contribution in [-0.4, -0.2) is 18.8 Å². The maximum absolute atomic E-state index is 13.7. The maximum atomic E-state index is 13.7. The molecule has 0 radical (unpaired) electrons. The SMILES string of the molecule is Cc1cccc(-c2c3c(=O)n(C)c(=O)n(C)c3c3n2-c2ccccc2N[C@@H]3c2ccccc2O)c1. The van der Waals surface area contributed by atoms with Gasteiger partial charge < -0.3 is 15.0 Å². The number of rotatable bonds is 2. The number of phenols is 1. The van der Waals surface area contributed by atoms with E-state index in [-0.39, 0.29) is 11.3 Å². The average Bonchev–Trinajstić information content (AvgIpc) is 3.23. The summed E-state index contributed by atoms with van der Waals surface area (Å²) < 4.78 is 4.76. The lowest BCUT2D eigenvalue weighted by Crippen LogP contribution is -2.37. The molecule has 174 valence electrons. The highest BCUT2D eigenvalue weighted by Crippen LogP contribution is 2.46. The lowest BCUT2D eigenvalue weighted by atomic mass is 9.98. The number of benzene rings is 3. The summed E-state index contributed by atoms with van der Waals surface area (Å²) in [5.74, 6) is 0.135. The van der Waals surface area contributed by atoms with E-state index in [1.807, 2.05) is 67.6 Å². The van der Waals surface area contributed by atoms with Crippen LogP contribution in [0.5, 0.6) is 5.75 Å². The van der Waals surface area contributed by atoms with Crippen LogP contribution in [0.15, 0.2) is 82.4 Å². The topological polar surface area (TPSA) is 81.2 Å². The molecular weight excluding hydrogens is 440 g/mol. The van der Waals surface area contributed by atoms with E-state index in [4.69, 9.17) is 0 Å². The van der Waals surface area contributed by atoms with Gasteiger partial charge in [0.15, 0.2) is 0 Å². The first-order chi connectivity index (χ1) is 16.9. The normalized spacial score (nSPS) is 14.4. The number of fused-ring (bicyclic) bond motifs is 5. The molecular formula is C28H24N4O3.